The molecule has 16 heavy (non-hydrogen) atoms. The van der Waals surface area contributed by atoms with Crippen LogP contribution in [0.2, 0.25) is 0 Å². The third kappa shape index (κ3) is 4.86. The van der Waals surface area contributed by atoms with E-state index in [4.69, 9.17) is 16.3 Å². The van der Waals surface area contributed by atoms with Crippen molar-refractivity contribution in [3.05, 3.63) is 29.8 Å². The van der Waals surface area contributed by atoms with Gasteiger partial charge < -0.3 is 4.74 Å². The van der Waals surface area contributed by atoms with Crippen molar-refractivity contribution in [1.29, 1.82) is 0 Å². The van der Waals surface area contributed by atoms with E-state index >= 15 is 0 Å². The van der Waals surface area contributed by atoms with Crippen molar-refractivity contribution in [1.82, 2.24) is 4.90 Å². The highest BCUT2D eigenvalue weighted by atomic mass is 35.5. The molecule has 90 valence electrons. The number of hydrogen-bond donors (Lipinski definition) is 0. The molecule has 0 bridgehead atoms. The van der Waals surface area contributed by atoms with Gasteiger partial charge in [0.15, 0.2) is 0 Å². The molecule has 2 nitrogen and oxygen atoms in total. The van der Waals surface area contributed by atoms with Gasteiger partial charge in [-0.25, -0.2) is 0 Å². The Balaban J connectivity index is 2.26. The Bertz CT molecular complexity index is 286. The molecule has 0 aromatic heterocycles. The van der Waals surface area contributed by atoms with E-state index in [-0.39, 0.29) is 0 Å². The van der Waals surface area contributed by atoms with Crippen LogP contribution < -0.4 is 4.74 Å². The number of rotatable bonds is 7. The number of ether oxygens (including phenoxy) is 1. The zero-order valence-corrected chi connectivity index (χ0v) is 10.8. The van der Waals surface area contributed by atoms with Gasteiger partial charge in [-0.1, -0.05) is 24.6 Å². The van der Waals surface area contributed by atoms with Gasteiger partial charge in [0.2, 0.25) is 0 Å². The van der Waals surface area contributed by atoms with Crippen LogP contribution in [0.25, 0.3) is 0 Å². The summed E-state index contributed by atoms with van der Waals surface area (Å²) in [5.74, 6) is 1.62. The van der Waals surface area contributed by atoms with Crippen LogP contribution in [0.1, 0.15) is 12.5 Å². The average Bonchev–Trinajstić information content (AvgIpc) is 2.30. The molecule has 0 radical (unpaired) electrons. The fourth-order valence-electron chi connectivity index (χ4n) is 1.47. The Morgan fingerprint density at radius 2 is 1.88 bits per heavy atom. The fourth-order valence-corrected chi connectivity index (χ4v) is 1.71. The summed E-state index contributed by atoms with van der Waals surface area (Å²) in [6.45, 7) is 7.80. The van der Waals surface area contributed by atoms with E-state index in [0.29, 0.717) is 12.5 Å². The number of halogens is 1. The summed E-state index contributed by atoms with van der Waals surface area (Å²) in [7, 11) is 0. The van der Waals surface area contributed by atoms with Crippen molar-refractivity contribution in [2.24, 2.45) is 0 Å². The van der Waals surface area contributed by atoms with E-state index in [1.807, 2.05) is 12.1 Å². The predicted octanol–water partition coefficient (Wildman–Crippen LogP) is 2.93. The van der Waals surface area contributed by atoms with Gasteiger partial charge in [0, 0.05) is 19.0 Å². The molecule has 0 aliphatic carbocycles. The first-order valence-electron chi connectivity index (χ1n) is 5.74. The van der Waals surface area contributed by atoms with Crippen LogP contribution in [0.5, 0.6) is 5.75 Å². The Kier molecular flexibility index (Phi) is 6.27. The van der Waals surface area contributed by atoms with Gasteiger partial charge in [-0.3, -0.25) is 4.90 Å². The van der Waals surface area contributed by atoms with Crippen LogP contribution >= 0.6 is 11.6 Å². The van der Waals surface area contributed by atoms with Crippen molar-refractivity contribution >= 4 is 11.6 Å². The highest BCUT2D eigenvalue weighted by molar-refractivity contribution is 6.18. The molecule has 1 aromatic rings. The van der Waals surface area contributed by atoms with Crippen molar-refractivity contribution in [3.63, 3.8) is 0 Å². The SMILES string of the molecule is CCN(CCCl)CCOc1ccc(C)cc1. The Morgan fingerprint density at radius 1 is 1.19 bits per heavy atom. The number of benzene rings is 1. The lowest BCUT2D eigenvalue weighted by molar-refractivity contribution is 0.223. The number of likely N-dealkylation sites (N-methyl/N-ethyl adjacent to an activating group) is 1. The maximum absolute atomic E-state index is 5.71. The smallest absolute Gasteiger partial charge is 0.119 e. The second kappa shape index (κ2) is 7.53. The first kappa shape index (κ1) is 13.3. The number of aryl methyl sites for hydroxylation is 1. The zero-order valence-electron chi connectivity index (χ0n) is 10.1. The minimum Gasteiger partial charge on any atom is -0.492 e. The first-order chi connectivity index (χ1) is 7.76. The molecule has 0 saturated heterocycles. The quantitative estimate of drug-likeness (QED) is 0.681. The lowest BCUT2D eigenvalue weighted by atomic mass is 10.2. The molecule has 0 spiro atoms. The topological polar surface area (TPSA) is 12.5 Å². The molecular weight excluding hydrogens is 222 g/mol. The van der Waals surface area contributed by atoms with Crippen LogP contribution in [-0.2, 0) is 0 Å². The molecular formula is C13H20ClNO. The summed E-state index contributed by atoms with van der Waals surface area (Å²) < 4.78 is 5.65. The molecule has 1 rings (SSSR count). The Hall–Kier alpha value is -0.730. The van der Waals surface area contributed by atoms with Crippen molar-refractivity contribution in [2.45, 2.75) is 13.8 Å². The Morgan fingerprint density at radius 3 is 2.44 bits per heavy atom. The molecule has 1 aromatic carbocycles. The van der Waals surface area contributed by atoms with Gasteiger partial charge in [-0.2, -0.15) is 0 Å². The van der Waals surface area contributed by atoms with Crippen molar-refractivity contribution in [3.8, 4) is 5.75 Å². The predicted molar refractivity (Wildman–Crippen MR) is 69.5 cm³/mol. The summed E-state index contributed by atoms with van der Waals surface area (Å²) >= 11 is 5.71. The average molecular weight is 242 g/mol. The highest BCUT2D eigenvalue weighted by Crippen LogP contribution is 2.11. The molecule has 3 heteroatoms. The van der Waals surface area contributed by atoms with Gasteiger partial charge in [0.1, 0.15) is 12.4 Å². The maximum atomic E-state index is 5.71. The van der Waals surface area contributed by atoms with Crippen LogP contribution in [0, 0.1) is 6.92 Å². The van der Waals surface area contributed by atoms with E-state index in [0.717, 1.165) is 25.4 Å². The number of hydrogen-bond acceptors (Lipinski definition) is 2. The van der Waals surface area contributed by atoms with Crippen LogP contribution in [-0.4, -0.2) is 37.0 Å². The molecule has 0 aliphatic rings. The highest BCUT2D eigenvalue weighted by Gasteiger charge is 2.01. The standard InChI is InChI=1S/C13H20ClNO/c1-3-15(9-8-14)10-11-16-13-6-4-12(2)5-7-13/h4-7H,3,8-11H2,1-2H3. The van der Waals surface area contributed by atoms with Gasteiger partial charge in [0.25, 0.3) is 0 Å². The van der Waals surface area contributed by atoms with Crippen molar-refractivity contribution in [2.75, 3.05) is 32.1 Å². The normalized spacial score (nSPS) is 10.8. The van der Waals surface area contributed by atoms with Gasteiger partial charge in [0.05, 0.1) is 0 Å². The van der Waals surface area contributed by atoms with E-state index in [1.165, 1.54) is 5.56 Å². The third-order valence-corrected chi connectivity index (χ3v) is 2.71. The molecule has 0 unspecified atom stereocenters. The lowest BCUT2D eigenvalue weighted by Crippen LogP contribution is -2.30. The zero-order chi connectivity index (χ0) is 11.8. The molecule has 0 N–H and O–H groups in total. The third-order valence-electron chi connectivity index (χ3n) is 2.55. The summed E-state index contributed by atoms with van der Waals surface area (Å²) in [5.41, 5.74) is 1.25. The van der Waals surface area contributed by atoms with Crippen LogP contribution in [0.3, 0.4) is 0 Å². The molecule has 0 amide bonds. The van der Waals surface area contributed by atoms with Crippen LogP contribution in [0.15, 0.2) is 24.3 Å². The first-order valence-corrected chi connectivity index (χ1v) is 6.27. The molecule has 0 fully saturated rings. The molecule has 0 atom stereocenters. The largest absolute Gasteiger partial charge is 0.492 e. The second-order valence-electron chi connectivity index (χ2n) is 3.78. The molecule has 0 aliphatic heterocycles. The van der Waals surface area contributed by atoms with Crippen LogP contribution in [0.4, 0.5) is 0 Å². The number of nitrogens with zero attached hydrogens (tertiary/aromatic N) is 1. The minimum atomic E-state index is 0.679. The summed E-state index contributed by atoms with van der Waals surface area (Å²) in [5, 5.41) is 0. The van der Waals surface area contributed by atoms with E-state index < -0.39 is 0 Å². The van der Waals surface area contributed by atoms with E-state index in [9.17, 15) is 0 Å². The molecule has 0 heterocycles. The molecule has 0 saturated carbocycles. The fraction of sp³-hybridized carbons (Fsp3) is 0.538. The maximum Gasteiger partial charge on any atom is 0.119 e. The van der Waals surface area contributed by atoms with Crippen molar-refractivity contribution < 1.29 is 4.74 Å². The second-order valence-corrected chi connectivity index (χ2v) is 4.16. The summed E-state index contributed by atoms with van der Waals surface area (Å²) in [6, 6.07) is 8.14. The lowest BCUT2D eigenvalue weighted by Gasteiger charge is -2.18. The van der Waals surface area contributed by atoms with Gasteiger partial charge in [-0.15, -0.1) is 11.6 Å². The minimum absolute atomic E-state index is 0.679. The van der Waals surface area contributed by atoms with Gasteiger partial charge in [-0.05, 0) is 25.6 Å². The monoisotopic (exact) mass is 241 g/mol. The summed E-state index contributed by atoms with van der Waals surface area (Å²) in [6.07, 6.45) is 0. The van der Waals surface area contributed by atoms with E-state index in [1.54, 1.807) is 0 Å². The Labute approximate surface area is 103 Å². The number of alkyl halides is 1. The summed E-state index contributed by atoms with van der Waals surface area (Å²) in [4.78, 5) is 2.28. The van der Waals surface area contributed by atoms with Gasteiger partial charge >= 0.3 is 0 Å². The van der Waals surface area contributed by atoms with E-state index in [2.05, 4.69) is 30.9 Å².